The fourth-order valence-electron chi connectivity index (χ4n) is 3.15. The lowest BCUT2D eigenvalue weighted by Gasteiger charge is -2.58. The van der Waals surface area contributed by atoms with E-state index in [-0.39, 0.29) is 12.2 Å². The van der Waals surface area contributed by atoms with Crippen molar-refractivity contribution in [2.75, 3.05) is 0 Å². The second-order valence-corrected chi connectivity index (χ2v) is 4.72. The van der Waals surface area contributed by atoms with Crippen LogP contribution in [0.5, 0.6) is 0 Å². The molecule has 4 saturated heterocycles. The first kappa shape index (κ1) is 8.21. The van der Waals surface area contributed by atoms with Crippen molar-refractivity contribution in [1.82, 2.24) is 0 Å². The van der Waals surface area contributed by atoms with Crippen molar-refractivity contribution in [1.29, 1.82) is 0 Å². The second-order valence-electron chi connectivity index (χ2n) is 4.72. The van der Waals surface area contributed by atoms with Crippen molar-refractivity contribution < 1.29 is 14.6 Å². The van der Waals surface area contributed by atoms with Crippen molar-refractivity contribution in [3.63, 3.8) is 0 Å². The summed E-state index contributed by atoms with van der Waals surface area (Å²) in [5.74, 6) is 0.841. The van der Waals surface area contributed by atoms with Crippen LogP contribution in [0.4, 0.5) is 0 Å². The number of hydrogen-bond donors (Lipinski definition) is 1. The number of aliphatic hydroxyl groups is 1. The number of hydrogen-bond acceptors (Lipinski definition) is 3. The minimum atomic E-state index is -0.394. The highest BCUT2D eigenvalue weighted by Gasteiger charge is 2.56. The van der Waals surface area contributed by atoms with E-state index in [1.807, 2.05) is 0 Å². The van der Waals surface area contributed by atoms with Gasteiger partial charge in [0.15, 0.2) is 0 Å². The summed E-state index contributed by atoms with van der Waals surface area (Å²) in [6, 6.07) is 0. The molecule has 0 aromatic carbocycles. The fourth-order valence-corrected chi connectivity index (χ4v) is 3.15. The van der Waals surface area contributed by atoms with Crippen molar-refractivity contribution in [3.8, 4) is 0 Å². The Hall–Kier alpha value is -0.120. The van der Waals surface area contributed by atoms with Gasteiger partial charge in [0, 0.05) is 18.3 Å². The van der Waals surface area contributed by atoms with Crippen LogP contribution in [0.3, 0.4) is 0 Å². The Kier molecular flexibility index (Phi) is 1.56. The zero-order chi connectivity index (χ0) is 9.16. The van der Waals surface area contributed by atoms with Crippen LogP contribution in [0.15, 0.2) is 0 Å². The number of rotatable bonds is 0. The van der Waals surface area contributed by atoms with E-state index >= 15 is 0 Å². The summed E-state index contributed by atoms with van der Waals surface area (Å²) in [6.45, 7) is 4.31. The molecule has 1 N–H and O–H groups in total. The lowest BCUT2D eigenvalue weighted by Crippen LogP contribution is -2.68. The van der Waals surface area contributed by atoms with E-state index < -0.39 is 6.10 Å². The molecule has 4 rings (SSSR count). The summed E-state index contributed by atoms with van der Waals surface area (Å²) >= 11 is 0. The fraction of sp³-hybridized carbons (Fsp3) is 1.00. The molecular weight excluding hydrogens is 168 g/mol. The first-order valence-corrected chi connectivity index (χ1v) is 5.17. The minimum Gasteiger partial charge on any atom is -0.388 e. The van der Waals surface area contributed by atoms with Gasteiger partial charge in [-0.2, -0.15) is 0 Å². The predicted molar refractivity (Wildman–Crippen MR) is 46.3 cm³/mol. The lowest BCUT2D eigenvalue weighted by molar-refractivity contribution is -0.326. The SMILES string of the molecule is CC1[C@@H]2O[C@H]3C[C@H](O[C@@H]1[C@@H]3O)[C@H]2C. The quantitative estimate of drug-likeness (QED) is 0.598. The molecule has 0 aromatic heterocycles. The van der Waals surface area contributed by atoms with Gasteiger partial charge in [0.25, 0.3) is 0 Å². The Balaban J connectivity index is 1.95. The van der Waals surface area contributed by atoms with E-state index in [9.17, 15) is 5.11 Å². The Labute approximate surface area is 78.0 Å². The van der Waals surface area contributed by atoms with E-state index in [0.29, 0.717) is 24.0 Å². The highest BCUT2D eigenvalue weighted by Crippen LogP contribution is 2.46. The van der Waals surface area contributed by atoms with Gasteiger partial charge in [0.1, 0.15) is 6.10 Å². The molecule has 0 aliphatic carbocycles. The topological polar surface area (TPSA) is 38.7 Å². The first-order valence-electron chi connectivity index (χ1n) is 5.17. The van der Waals surface area contributed by atoms with Gasteiger partial charge < -0.3 is 14.6 Å². The number of ether oxygens (including phenoxy) is 2. The van der Waals surface area contributed by atoms with Crippen molar-refractivity contribution in [3.05, 3.63) is 0 Å². The minimum absolute atomic E-state index is 0.0266. The standard InChI is InChI=1S/C10H16O3/c1-4-6-3-7-8(11)10(12-6)5(2)9(4)13-7/h4-11H,3H2,1-2H3/t4-,5?,6+,7+,8-,9-,10+/m1/s1. The normalized spacial score (nSPS) is 64.4. The van der Waals surface area contributed by atoms with E-state index in [0.717, 1.165) is 6.42 Å². The molecule has 4 heterocycles. The van der Waals surface area contributed by atoms with E-state index in [1.54, 1.807) is 0 Å². The van der Waals surface area contributed by atoms with Gasteiger partial charge in [0.05, 0.1) is 24.4 Å². The second kappa shape index (κ2) is 2.47. The maximum atomic E-state index is 9.83. The van der Waals surface area contributed by atoms with Crippen LogP contribution < -0.4 is 0 Å². The van der Waals surface area contributed by atoms with Crippen LogP contribution in [-0.2, 0) is 9.47 Å². The zero-order valence-electron chi connectivity index (χ0n) is 8.01. The highest BCUT2D eigenvalue weighted by molar-refractivity contribution is 5.04. The summed E-state index contributed by atoms with van der Waals surface area (Å²) in [6.07, 6.45) is 1.19. The molecule has 4 bridgehead atoms. The Bertz CT molecular complexity index is 208. The summed E-state index contributed by atoms with van der Waals surface area (Å²) in [4.78, 5) is 0. The molecule has 3 nitrogen and oxygen atoms in total. The van der Waals surface area contributed by atoms with E-state index in [4.69, 9.17) is 9.47 Å². The average Bonchev–Trinajstić information content (AvgIpc) is 2.10. The average molecular weight is 184 g/mol. The maximum Gasteiger partial charge on any atom is 0.107 e. The van der Waals surface area contributed by atoms with Crippen molar-refractivity contribution in [2.45, 2.75) is 50.8 Å². The largest absolute Gasteiger partial charge is 0.388 e. The Morgan fingerprint density at radius 3 is 2.46 bits per heavy atom. The van der Waals surface area contributed by atoms with Crippen LogP contribution in [-0.4, -0.2) is 35.6 Å². The third-order valence-corrected chi connectivity index (χ3v) is 3.99. The van der Waals surface area contributed by atoms with Gasteiger partial charge in [-0.1, -0.05) is 13.8 Å². The van der Waals surface area contributed by atoms with Crippen LogP contribution in [0.25, 0.3) is 0 Å². The molecule has 0 amide bonds. The smallest absolute Gasteiger partial charge is 0.107 e. The van der Waals surface area contributed by atoms with Crippen LogP contribution in [0, 0.1) is 11.8 Å². The molecule has 7 atom stereocenters. The zero-order valence-corrected chi connectivity index (χ0v) is 8.01. The summed E-state index contributed by atoms with van der Waals surface area (Å²) in [5.41, 5.74) is 0. The third kappa shape index (κ3) is 0.901. The molecule has 3 heteroatoms. The van der Waals surface area contributed by atoms with Crippen LogP contribution in [0.1, 0.15) is 20.3 Å². The maximum absolute atomic E-state index is 9.83. The molecule has 13 heavy (non-hydrogen) atoms. The molecule has 0 spiro atoms. The van der Waals surface area contributed by atoms with E-state index in [2.05, 4.69) is 13.8 Å². The van der Waals surface area contributed by atoms with Crippen molar-refractivity contribution >= 4 is 0 Å². The molecule has 4 fully saturated rings. The van der Waals surface area contributed by atoms with Gasteiger partial charge in [0.2, 0.25) is 0 Å². The third-order valence-electron chi connectivity index (χ3n) is 3.99. The first-order chi connectivity index (χ1) is 6.18. The molecule has 1 unspecified atom stereocenters. The lowest BCUT2D eigenvalue weighted by atomic mass is 9.71. The molecular formula is C10H16O3. The van der Waals surface area contributed by atoms with Gasteiger partial charge in [-0.3, -0.25) is 0 Å². The molecule has 0 aromatic rings. The van der Waals surface area contributed by atoms with E-state index in [1.165, 1.54) is 0 Å². The Morgan fingerprint density at radius 1 is 1.00 bits per heavy atom. The molecule has 0 radical (unpaired) electrons. The number of aliphatic hydroxyl groups excluding tert-OH is 1. The monoisotopic (exact) mass is 184 g/mol. The van der Waals surface area contributed by atoms with Gasteiger partial charge in [-0.25, -0.2) is 0 Å². The van der Waals surface area contributed by atoms with Gasteiger partial charge in [-0.15, -0.1) is 0 Å². The Morgan fingerprint density at radius 2 is 1.69 bits per heavy atom. The molecule has 0 saturated carbocycles. The highest BCUT2D eigenvalue weighted by atomic mass is 16.6. The summed E-state index contributed by atoms with van der Waals surface area (Å²) in [7, 11) is 0. The molecule has 74 valence electrons. The molecule has 4 aliphatic rings. The van der Waals surface area contributed by atoms with Crippen molar-refractivity contribution in [2.24, 2.45) is 11.8 Å². The summed E-state index contributed by atoms with van der Waals surface area (Å²) < 4.78 is 11.7. The van der Waals surface area contributed by atoms with Gasteiger partial charge >= 0.3 is 0 Å². The van der Waals surface area contributed by atoms with Gasteiger partial charge in [-0.05, 0) is 0 Å². The van der Waals surface area contributed by atoms with Crippen LogP contribution >= 0.6 is 0 Å². The van der Waals surface area contributed by atoms with Crippen LogP contribution in [0.2, 0.25) is 0 Å². The molecule has 4 aliphatic heterocycles. The predicted octanol–water partition coefficient (Wildman–Crippen LogP) is 0.558. The summed E-state index contributed by atoms with van der Waals surface area (Å²) in [5, 5.41) is 9.83.